The third-order valence-corrected chi connectivity index (χ3v) is 3.69. The van der Waals surface area contributed by atoms with Crippen LogP contribution in [-0.2, 0) is 13.1 Å². The van der Waals surface area contributed by atoms with Crippen molar-refractivity contribution < 1.29 is 0 Å². The van der Waals surface area contributed by atoms with Gasteiger partial charge in [-0.3, -0.25) is 0 Å². The second-order valence-electron chi connectivity index (χ2n) is 5.14. The molecule has 1 aliphatic carbocycles. The standard InChI is InChI=1S/C14H22N2/c1-14(8-2-3-9-14)16-11-13-6-4-12(10-15)5-7-13/h4-7,16H,2-3,8-11,15H2,1H3. The Balaban J connectivity index is 1.89. The first-order chi connectivity index (χ1) is 7.72. The molecule has 1 aromatic rings. The van der Waals surface area contributed by atoms with Crippen LogP contribution in [0.25, 0.3) is 0 Å². The number of nitrogens with one attached hydrogen (secondary N) is 1. The maximum Gasteiger partial charge on any atom is 0.0210 e. The van der Waals surface area contributed by atoms with Gasteiger partial charge in [0.1, 0.15) is 0 Å². The van der Waals surface area contributed by atoms with Gasteiger partial charge in [0.15, 0.2) is 0 Å². The second kappa shape index (κ2) is 4.98. The highest BCUT2D eigenvalue weighted by Gasteiger charge is 2.27. The van der Waals surface area contributed by atoms with Crippen LogP contribution in [0, 0.1) is 0 Å². The van der Waals surface area contributed by atoms with E-state index in [0.717, 1.165) is 6.54 Å². The number of benzene rings is 1. The van der Waals surface area contributed by atoms with Crippen LogP contribution in [0.5, 0.6) is 0 Å². The van der Waals surface area contributed by atoms with Crippen LogP contribution in [0.1, 0.15) is 43.7 Å². The molecule has 1 aliphatic rings. The van der Waals surface area contributed by atoms with Crippen molar-refractivity contribution in [1.29, 1.82) is 0 Å². The highest BCUT2D eigenvalue weighted by molar-refractivity contribution is 5.22. The number of rotatable bonds is 4. The summed E-state index contributed by atoms with van der Waals surface area (Å²) in [5, 5.41) is 3.68. The second-order valence-corrected chi connectivity index (χ2v) is 5.14. The predicted molar refractivity (Wildman–Crippen MR) is 68.0 cm³/mol. The molecule has 2 heteroatoms. The van der Waals surface area contributed by atoms with Crippen molar-refractivity contribution >= 4 is 0 Å². The van der Waals surface area contributed by atoms with Crippen molar-refractivity contribution in [3.63, 3.8) is 0 Å². The van der Waals surface area contributed by atoms with Gasteiger partial charge < -0.3 is 11.1 Å². The quantitative estimate of drug-likeness (QED) is 0.815. The summed E-state index contributed by atoms with van der Waals surface area (Å²) in [6, 6.07) is 8.59. The first kappa shape index (κ1) is 11.6. The molecule has 0 saturated heterocycles. The van der Waals surface area contributed by atoms with Crippen LogP contribution in [0.2, 0.25) is 0 Å². The van der Waals surface area contributed by atoms with Crippen molar-refractivity contribution in [3.05, 3.63) is 35.4 Å². The Bertz CT molecular complexity index is 323. The van der Waals surface area contributed by atoms with E-state index in [0.29, 0.717) is 12.1 Å². The summed E-state index contributed by atoms with van der Waals surface area (Å²) in [5.41, 5.74) is 8.50. The first-order valence-corrected chi connectivity index (χ1v) is 6.25. The Hall–Kier alpha value is -0.860. The largest absolute Gasteiger partial charge is 0.326 e. The minimum absolute atomic E-state index is 0.368. The van der Waals surface area contributed by atoms with E-state index in [1.165, 1.54) is 36.8 Å². The average molecular weight is 218 g/mol. The normalized spacial score (nSPS) is 18.9. The molecule has 88 valence electrons. The molecule has 16 heavy (non-hydrogen) atoms. The molecule has 0 atom stereocenters. The molecule has 0 heterocycles. The van der Waals surface area contributed by atoms with Crippen LogP contribution < -0.4 is 11.1 Å². The SMILES string of the molecule is CC1(NCc2ccc(CN)cc2)CCCC1. The molecule has 0 radical (unpaired) electrons. The van der Waals surface area contributed by atoms with Gasteiger partial charge in [-0.15, -0.1) is 0 Å². The molecule has 2 nitrogen and oxygen atoms in total. The van der Waals surface area contributed by atoms with Gasteiger partial charge in [0.2, 0.25) is 0 Å². The maximum atomic E-state index is 5.58. The lowest BCUT2D eigenvalue weighted by Crippen LogP contribution is -2.38. The van der Waals surface area contributed by atoms with E-state index in [1.54, 1.807) is 0 Å². The Morgan fingerprint density at radius 1 is 1.12 bits per heavy atom. The van der Waals surface area contributed by atoms with Crippen LogP contribution in [0.3, 0.4) is 0 Å². The van der Waals surface area contributed by atoms with E-state index >= 15 is 0 Å². The van der Waals surface area contributed by atoms with Gasteiger partial charge in [0, 0.05) is 18.6 Å². The number of hydrogen-bond donors (Lipinski definition) is 2. The lowest BCUT2D eigenvalue weighted by molar-refractivity contribution is 0.363. The van der Waals surface area contributed by atoms with E-state index < -0.39 is 0 Å². The van der Waals surface area contributed by atoms with Gasteiger partial charge in [-0.25, -0.2) is 0 Å². The zero-order valence-electron chi connectivity index (χ0n) is 10.1. The number of nitrogens with two attached hydrogens (primary N) is 1. The van der Waals surface area contributed by atoms with Gasteiger partial charge in [0.25, 0.3) is 0 Å². The lowest BCUT2D eigenvalue weighted by Gasteiger charge is -2.25. The molecular formula is C14H22N2. The average Bonchev–Trinajstić information content (AvgIpc) is 2.75. The Labute approximate surface area is 98.2 Å². The molecule has 1 aromatic carbocycles. The molecule has 0 aliphatic heterocycles. The third-order valence-electron chi connectivity index (χ3n) is 3.69. The Kier molecular flexibility index (Phi) is 3.62. The minimum Gasteiger partial charge on any atom is -0.326 e. The van der Waals surface area contributed by atoms with E-state index in [2.05, 4.69) is 36.5 Å². The maximum absolute atomic E-state index is 5.58. The van der Waals surface area contributed by atoms with Gasteiger partial charge in [-0.1, -0.05) is 37.1 Å². The first-order valence-electron chi connectivity index (χ1n) is 6.25. The highest BCUT2D eigenvalue weighted by Crippen LogP contribution is 2.29. The van der Waals surface area contributed by atoms with Crippen molar-refractivity contribution in [3.8, 4) is 0 Å². The summed E-state index contributed by atoms with van der Waals surface area (Å²) in [6.07, 6.45) is 5.37. The van der Waals surface area contributed by atoms with Gasteiger partial charge in [-0.05, 0) is 30.9 Å². The molecule has 1 fully saturated rings. The fourth-order valence-corrected chi connectivity index (χ4v) is 2.44. The fraction of sp³-hybridized carbons (Fsp3) is 0.571. The molecule has 0 spiro atoms. The summed E-state index contributed by atoms with van der Waals surface area (Å²) >= 11 is 0. The van der Waals surface area contributed by atoms with Crippen molar-refractivity contribution in [2.45, 2.75) is 51.2 Å². The zero-order valence-corrected chi connectivity index (χ0v) is 10.1. The van der Waals surface area contributed by atoms with Crippen molar-refractivity contribution in [1.82, 2.24) is 5.32 Å². The van der Waals surface area contributed by atoms with Gasteiger partial charge in [0.05, 0.1) is 0 Å². The summed E-state index contributed by atoms with van der Waals surface area (Å²) in [6.45, 7) is 3.95. The van der Waals surface area contributed by atoms with Gasteiger partial charge in [-0.2, -0.15) is 0 Å². The summed E-state index contributed by atoms with van der Waals surface area (Å²) in [4.78, 5) is 0. The lowest BCUT2D eigenvalue weighted by atomic mass is 10.00. The molecule has 0 amide bonds. The van der Waals surface area contributed by atoms with E-state index in [1.807, 2.05) is 0 Å². The zero-order chi connectivity index (χ0) is 11.4. The summed E-state index contributed by atoms with van der Waals surface area (Å²) in [7, 11) is 0. The van der Waals surface area contributed by atoms with Crippen molar-refractivity contribution in [2.75, 3.05) is 0 Å². The van der Waals surface area contributed by atoms with Crippen LogP contribution >= 0.6 is 0 Å². The van der Waals surface area contributed by atoms with E-state index in [9.17, 15) is 0 Å². The van der Waals surface area contributed by atoms with Gasteiger partial charge >= 0.3 is 0 Å². The fourth-order valence-electron chi connectivity index (χ4n) is 2.44. The van der Waals surface area contributed by atoms with Crippen LogP contribution in [-0.4, -0.2) is 5.54 Å². The smallest absolute Gasteiger partial charge is 0.0210 e. The molecule has 0 bridgehead atoms. The Morgan fingerprint density at radius 2 is 1.69 bits per heavy atom. The van der Waals surface area contributed by atoms with E-state index in [4.69, 9.17) is 5.73 Å². The molecule has 0 aromatic heterocycles. The van der Waals surface area contributed by atoms with E-state index in [-0.39, 0.29) is 0 Å². The number of hydrogen-bond acceptors (Lipinski definition) is 2. The Morgan fingerprint density at radius 3 is 2.25 bits per heavy atom. The summed E-state index contributed by atoms with van der Waals surface area (Å²) in [5.74, 6) is 0. The topological polar surface area (TPSA) is 38.0 Å². The minimum atomic E-state index is 0.368. The predicted octanol–water partition coefficient (Wildman–Crippen LogP) is 2.57. The molecule has 2 rings (SSSR count). The molecule has 1 saturated carbocycles. The van der Waals surface area contributed by atoms with Crippen LogP contribution in [0.4, 0.5) is 0 Å². The molecule has 0 unspecified atom stereocenters. The van der Waals surface area contributed by atoms with Crippen molar-refractivity contribution in [2.24, 2.45) is 5.73 Å². The third kappa shape index (κ3) is 2.83. The monoisotopic (exact) mass is 218 g/mol. The highest BCUT2D eigenvalue weighted by atomic mass is 15.0. The summed E-state index contributed by atoms with van der Waals surface area (Å²) < 4.78 is 0. The molecule has 3 N–H and O–H groups in total. The van der Waals surface area contributed by atoms with Crippen LogP contribution in [0.15, 0.2) is 24.3 Å². The molecular weight excluding hydrogens is 196 g/mol.